The third-order valence-electron chi connectivity index (χ3n) is 1.66. The molecule has 0 aromatic carbocycles. The molecule has 1 heterocycles. The fraction of sp³-hybridized carbons (Fsp3) is 0.667. The summed E-state index contributed by atoms with van der Waals surface area (Å²) in [5.74, 6) is 0. The van der Waals surface area contributed by atoms with Crippen LogP contribution in [0.2, 0.25) is 0 Å². The lowest BCUT2D eigenvalue weighted by atomic mass is 10.4. The molecule has 0 saturated heterocycles. The molecule has 0 aliphatic carbocycles. The molecule has 0 unspecified atom stereocenters. The Morgan fingerprint density at radius 3 is 2.77 bits per heavy atom. The van der Waals surface area contributed by atoms with Gasteiger partial charge in [-0.3, -0.25) is 4.68 Å². The van der Waals surface area contributed by atoms with Crippen LogP contribution in [0.3, 0.4) is 0 Å². The van der Waals surface area contributed by atoms with Crippen molar-refractivity contribution in [2.75, 3.05) is 6.61 Å². The molecular weight excluding hydrogens is 279 g/mol. The highest BCUT2D eigenvalue weighted by atomic mass is 127. The maximum absolute atomic E-state index is 5.43. The molecule has 0 radical (unpaired) electrons. The van der Waals surface area contributed by atoms with Crippen molar-refractivity contribution >= 4 is 22.6 Å². The Morgan fingerprint density at radius 1 is 1.62 bits per heavy atom. The van der Waals surface area contributed by atoms with Gasteiger partial charge in [0.1, 0.15) is 3.70 Å². The summed E-state index contributed by atoms with van der Waals surface area (Å²) >= 11 is 2.24. The molecular formula is C9H15IN2O. The third kappa shape index (κ3) is 3.64. The van der Waals surface area contributed by atoms with E-state index in [1.165, 1.54) is 5.56 Å². The number of ether oxygens (including phenoxy) is 1. The highest BCUT2D eigenvalue weighted by Crippen LogP contribution is 2.07. The minimum absolute atomic E-state index is 0.302. The Kier molecular flexibility index (Phi) is 4.18. The topological polar surface area (TPSA) is 27.1 Å². The molecule has 13 heavy (non-hydrogen) atoms. The lowest BCUT2D eigenvalue weighted by Gasteiger charge is -2.06. The van der Waals surface area contributed by atoms with E-state index >= 15 is 0 Å². The maximum atomic E-state index is 5.43. The molecule has 0 aliphatic heterocycles. The molecule has 0 spiro atoms. The first-order valence-electron chi connectivity index (χ1n) is 4.40. The number of hydrogen-bond donors (Lipinski definition) is 0. The monoisotopic (exact) mass is 294 g/mol. The van der Waals surface area contributed by atoms with Crippen LogP contribution < -0.4 is 0 Å². The van der Waals surface area contributed by atoms with Gasteiger partial charge in [-0.25, -0.2) is 0 Å². The third-order valence-corrected chi connectivity index (χ3v) is 2.72. The second-order valence-electron chi connectivity index (χ2n) is 3.29. The molecule has 3 nitrogen and oxygen atoms in total. The van der Waals surface area contributed by atoms with E-state index in [0.717, 1.165) is 16.9 Å². The average molecular weight is 294 g/mol. The smallest absolute Gasteiger partial charge is 0.126 e. The van der Waals surface area contributed by atoms with Gasteiger partial charge in [-0.15, -0.1) is 0 Å². The van der Waals surface area contributed by atoms with Gasteiger partial charge < -0.3 is 4.74 Å². The van der Waals surface area contributed by atoms with E-state index in [4.69, 9.17) is 4.74 Å². The predicted molar refractivity (Wildman–Crippen MR) is 60.8 cm³/mol. The Bertz CT molecular complexity index is 251. The largest absolute Gasteiger partial charge is 0.377 e. The van der Waals surface area contributed by atoms with Crippen LogP contribution in [0, 0.1) is 10.6 Å². The lowest BCUT2D eigenvalue weighted by molar-refractivity contribution is 0.0709. The van der Waals surface area contributed by atoms with E-state index in [0.29, 0.717) is 6.10 Å². The standard InChI is InChI=1S/C9H15IN2O/c1-7(2)13-5-4-12-6-8(3)9(10)11-12/h6-7H,4-5H2,1-3H3. The van der Waals surface area contributed by atoms with E-state index in [2.05, 4.69) is 34.6 Å². The molecule has 0 fully saturated rings. The van der Waals surface area contributed by atoms with Crippen molar-refractivity contribution in [1.29, 1.82) is 0 Å². The van der Waals surface area contributed by atoms with Crippen LogP contribution in [0.5, 0.6) is 0 Å². The van der Waals surface area contributed by atoms with Crippen LogP contribution in [0.1, 0.15) is 19.4 Å². The fourth-order valence-corrected chi connectivity index (χ4v) is 1.41. The number of aryl methyl sites for hydroxylation is 1. The van der Waals surface area contributed by atoms with Gasteiger partial charge in [-0.05, 0) is 43.4 Å². The molecule has 0 N–H and O–H groups in total. The van der Waals surface area contributed by atoms with Crippen LogP contribution >= 0.6 is 22.6 Å². The minimum Gasteiger partial charge on any atom is -0.377 e. The summed E-state index contributed by atoms with van der Waals surface area (Å²) in [5, 5.41) is 4.33. The lowest BCUT2D eigenvalue weighted by Crippen LogP contribution is -2.10. The Balaban J connectivity index is 2.37. The number of nitrogens with zero attached hydrogens (tertiary/aromatic N) is 2. The van der Waals surface area contributed by atoms with E-state index in [-0.39, 0.29) is 0 Å². The Hall–Kier alpha value is -0.100. The zero-order valence-corrected chi connectivity index (χ0v) is 10.4. The molecule has 4 heteroatoms. The van der Waals surface area contributed by atoms with Crippen molar-refractivity contribution in [2.24, 2.45) is 0 Å². The van der Waals surface area contributed by atoms with Gasteiger partial charge in [-0.1, -0.05) is 0 Å². The van der Waals surface area contributed by atoms with Crippen LogP contribution in [0.25, 0.3) is 0 Å². The first kappa shape index (κ1) is 11.0. The van der Waals surface area contributed by atoms with Crippen molar-refractivity contribution in [2.45, 2.75) is 33.4 Å². The first-order chi connectivity index (χ1) is 6.09. The number of halogens is 1. The second kappa shape index (κ2) is 4.95. The van der Waals surface area contributed by atoms with Gasteiger partial charge >= 0.3 is 0 Å². The van der Waals surface area contributed by atoms with E-state index in [1.54, 1.807) is 0 Å². The minimum atomic E-state index is 0.302. The zero-order chi connectivity index (χ0) is 9.84. The van der Waals surface area contributed by atoms with Gasteiger partial charge in [-0.2, -0.15) is 5.10 Å². The fourth-order valence-electron chi connectivity index (χ4n) is 0.994. The summed E-state index contributed by atoms with van der Waals surface area (Å²) in [6.07, 6.45) is 2.35. The molecule has 1 aromatic heterocycles. The van der Waals surface area contributed by atoms with Crippen molar-refractivity contribution in [1.82, 2.24) is 9.78 Å². The summed E-state index contributed by atoms with van der Waals surface area (Å²) in [4.78, 5) is 0. The summed E-state index contributed by atoms with van der Waals surface area (Å²) < 4.78 is 8.43. The van der Waals surface area contributed by atoms with Crippen LogP contribution in [0.4, 0.5) is 0 Å². The van der Waals surface area contributed by atoms with Crippen LogP contribution in [-0.2, 0) is 11.3 Å². The van der Waals surface area contributed by atoms with Gasteiger partial charge in [0, 0.05) is 11.8 Å². The van der Waals surface area contributed by atoms with E-state index in [9.17, 15) is 0 Å². The van der Waals surface area contributed by atoms with Crippen molar-refractivity contribution in [3.63, 3.8) is 0 Å². The quantitative estimate of drug-likeness (QED) is 0.796. The number of hydrogen-bond acceptors (Lipinski definition) is 2. The zero-order valence-electron chi connectivity index (χ0n) is 8.25. The van der Waals surface area contributed by atoms with Gasteiger partial charge in [0.2, 0.25) is 0 Å². The molecule has 0 aliphatic rings. The van der Waals surface area contributed by atoms with Crippen molar-refractivity contribution < 1.29 is 4.74 Å². The summed E-state index contributed by atoms with van der Waals surface area (Å²) in [6.45, 7) is 7.71. The van der Waals surface area contributed by atoms with Gasteiger partial charge in [0.05, 0.1) is 19.3 Å². The maximum Gasteiger partial charge on any atom is 0.126 e. The van der Waals surface area contributed by atoms with Crippen molar-refractivity contribution in [3.05, 3.63) is 15.5 Å². The molecule has 0 atom stereocenters. The van der Waals surface area contributed by atoms with E-state index < -0.39 is 0 Å². The summed E-state index contributed by atoms with van der Waals surface area (Å²) in [7, 11) is 0. The van der Waals surface area contributed by atoms with Gasteiger partial charge in [0.25, 0.3) is 0 Å². The Labute approximate surface area is 92.6 Å². The molecule has 0 amide bonds. The normalized spacial score (nSPS) is 11.2. The molecule has 1 rings (SSSR count). The first-order valence-corrected chi connectivity index (χ1v) is 5.48. The molecule has 0 saturated carbocycles. The average Bonchev–Trinajstić information content (AvgIpc) is 2.30. The predicted octanol–water partition coefficient (Wildman–Crippen LogP) is 2.22. The number of rotatable bonds is 4. The highest BCUT2D eigenvalue weighted by Gasteiger charge is 2.01. The van der Waals surface area contributed by atoms with Crippen molar-refractivity contribution in [3.8, 4) is 0 Å². The van der Waals surface area contributed by atoms with E-state index in [1.807, 2.05) is 24.7 Å². The summed E-state index contributed by atoms with van der Waals surface area (Å²) in [6, 6.07) is 0. The van der Waals surface area contributed by atoms with Crippen LogP contribution in [-0.4, -0.2) is 22.5 Å². The van der Waals surface area contributed by atoms with Crippen LogP contribution in [0.15, 0.2) is 6.20 Å². The molecule has 1 aromatic rings. The Morgan fingerprint density at radius 2 is 2.31 bits per heavy atom. The highest BCUT2D eigenvalue weighted by molar-refractivity contribution is 14.1. The number of aromatic nitrogens is 2. The SMILES string of the molecule is Cc1cn(CCOC(C)C)nc1I. The second-order valence-corrected chi connectivity index (χ2v) is 4.31. The van der Waals surface area contributed by atoms with Gasteiger partial charge in [0.15, 0.2) is 0 Å². The molecule has 0 bridgehead atoms. The summed E-state index contributed by atoms with van der Waals surface area (Å²) in [5.41, 5.74) is 1.23. The molecule has 74 valence electrons.